The third kappa shape index (κ3) is 5.95. The molecular formula is C21H27ClN4O3. The van der Waals surface area contributed by atoms with E-state index in [0.29, 0.717) is 23.8 Å². The number of likely N-dealkylation sites (tertiary alicyclic amines) is 1. The van der Waals surface area contributed by atoms with Gasteiger partial charge in [-0.1, -0.05) is 11.6 Å². The van der Waals surface area contributed by atoms with Crippen LogP contribution in [0.1, 0.15) is 53.1 Å². The van der Waals surface area contributed by atoms with Gasteiger partial charge in [0.05, 0.1) is 29.5 Å². The smallest absolute Gasteiger partial charge is 0.340 e. The van der Waals surface area contributed by atoms with Crippen LogP contribution in [0, 0.1) is 0 Å². The van der Waals surface area contributed by atoms with E-state index in [0.717, 1.165) is 56.0 Å². The van der Waals surface area contributed by atoms with Gasteiger partial charge in [0.15, 0.2) is 0 Å². The molecule has 0 atom stereocenters. The van der Waals surface area contributed by atoms with Gasteiger partial charge in [0.25, 0.3) is 0 Å². The highest BCUT2D eigenvalue weighted by Gasteiger charge is 2.26. The molecule has 0 amide bonds. The zero-order valence-corrected chi connectivity index (χ0v) is 17.7. The Morgan fingerprint density at radius 3 is 2.59 bits per heavy atom. The molecule has 1 aliphatic rings. The van der Waals surface area contributed by atoms with Crippen LogP contribution in [0.3, 0.4) is 0 Å². The molecule has 0 saturated carbocycles. The molecule has 156 valence electrons. The van der Waals surface area contributed by atoms with Gasteiger partial charge in [-0.3, -0.25) is 9.88 Å². The van der Waals surface area contributed by atoms with E-state index in [9.17, 15) is 4.79 Å². The van der Waals surface area contributed by atoms with Gasteiger partial charge in [-0.15, -0.1) is 0 Å². The van der Waals surface area contributed by atoms with Crippen LogP contribution in [0.5, 0.6) is 0 Å². The number of nitrogens with zero attached hydrogens (tertiary/aromatic N) is 4. The molecule has 0 unspecified atom stereocenters. The Morgan fingerprint density at radius 1 is 1.21 bits per heavy atom. The van der Waals surface area contributed by atoms with Crippen molar-refractivity contribution in [1.29, 1.82) is 0 Å². The van der Waals surface area contributed by atoms with Crippen molar-refractivity contribution in [3.05, 3.63) is 52.3 Å². The number of carbonyl (C=O) groups excluding carboxylic acids is 1. The molecule has 0 N–H and O–H groups in total. The largest absolute Gasteiger partial charge is 0.462 e. The van der Waals surface area contributed by atoms with Gasteiger partial charge >= 0.3 is 5.97 Å². The molecule has 0 radical (unpaired) electrons. The van der Waals surface area contributed by atoms with E-state index in [2.05, 4.69) is 19.9 Å². The lowest BCUT2D eigenvalue weighted by Crippen LogP contribution is -2.33. The average Bonchev–Trinajstić information content (AvgIpc) is 2.74. The zero-order valence-electron chi connectivity index (χ0n) is 16.9. The Morgan fingerprint density at radius 2 is 1.93 bits per heavy atom. The van der Waals surface area contributed by atoms with E-state index in [1.54, 1.807) is 26.3 Å². The summed E-state index contributed by atoms with van der Waals surface area (Å²) in [6.45, 7) is 5.40. The summed E-state index contributed by atoms with van der Waals surface area (Å²) in [7, 11) is 1.67. The van der Waals surface area contributed by atoms with Gasteiger partial charge in [0.1, 0.15) is 5.82 Å². The second-order valence-corrected chi connectivity index (χ2v) is 7.54. The van der Waals surface area contributed by atoms with Crippen LogP contribution in [-0.2, 0) is 22.4 Å². The minimum atomic E-state index is -0.356. The van der Waals surface area contributed by atoms with Crippen LogP contribution in [0.25, 0.3) is 0 Å². The third-order valence-electron chi connectivity index (χ3n) is 5.05. The molecule has 3 heterocycles. The number of carbonyl (C=O) groups is 1. The monoisotopic (exact) mass is 418 g/mol. The minimum absolute atomic E-state index is 0.218. The van der Waals surface area contributed by atoms with Crippen LogP contribution < -0.4 is 0 Å². The number of hydrogen-bond acceptors (Lipinski definition) is 7. The summed E-state index contributed by atoms with van der Waals surface area (Å²) in [6.07, 6.45) is 7.96. The number of rotatable bonds is 8. The summed E-state index contributed by atoms with van der Waals surface area (Å²) in [6, 6.07) is 1.66. The molecule has 29 heavy (non-hydrogen) atoms. The van der Waals surface area contributed by atoms with Crippen molar-refractivity contribution in [3.63, 3.8) is 0 Å². The predicted molar refractivity (Wildman–Crippen MR) is 110 cm³/mol. The molecule has 0 bridgehead atoms. The Hall–Kier alpha value is -2.09. The van der Waals surface area contributed by atoms with E-state index < -0.39 is 0 Å². The van der Waals surface area contributed by atoms with Gasteiger partial charge in [-0.25, -0.2) is 14.8 Å². The van der Waals surface area contributed by atoms with Crippen molar-refractivity contribution in [1.82, 2.24) is 19.9 Å². The first kappa shape index (κ1) is 21.6. The Kier molecular flexibility index (Phi) is 7.91. The highest BCUT2D eigenvalue weighted by molar-refractivity contribution is 6.30. The normalized spacial score (nSPS) is 15.4. The van der Waals surface area contributed by atoms with Crippen molar-refractivity contribution in [2.45, 2.75) is 38.6 Å². The number of hydrogen-bond donors (Lipinski definition) is 0. The first-order chi connectivity index (χ1) is 14.1. The van der Waals surface area contributed by atoms with Crippen LogP contribution in [0.15, 0.2) is 24.7 Å². The molecule has 3 rings (SSSR count). The molecule has 0 spiro atoms. The summed E-state index contributed by atoms with van der Waals surface area (Å²) < 4.78 is 10.2. The van der Waals surface area contributed by atoms with Crippen molar-refractivity contribution in [3.8, 4) is 0 Å². The molecule has 7 nitrogen and oxygen atoms in total. The van der Waals surface area contributed by atoms with Crippen molar-refractivity contribution in [2.75, 3.05) is 33.4 Å². The van der Waals surface area contributed by atoms with Gasteiger partial charge in [0.2, 0.25) is 0 Å². The topological polar surface area (TPSA) is 77.4 Å². The fourth-order valence-corrected chi connectivity index (χ4v) is 3.71. The highest BCUT2D eigenvalue weighted by atomic mass is 35.5. The van der Waals surface area contributed by atoms with E-state index in [-0.39, 0.29) is 11.9 Å². The predicted octanol–water partition coefficient (Wildman–Crippen LogP) is 3.27. The lowest BCUT2D eigenvalue weighted by molar-refractivity contribution is 0.0523. The number of halogens is 1. The molecule has 0 aliphatic carbocycles. The molecule has 1 fully saturated rings. The Labute approximate surface area is 176 Å². The SMILES string of the molecule is CCOC(=O)c1cc(Cl)cnc1C1CCN(Cc2cnc(CCOC)nc2)CC1. The van der Waals surface area contributed by atoms with Crippen molar-refractivity contribution in [2.24, 2.45) is 0 Å². The molecule has 1 aliphatic heterocycles. The maximum absolute atomic E-state index is 12.3. The van der Waals surface area contributed by atoms with E-state index in [4.69, 9.17) is 21.1 Å². The highest BCUT2D eigenvalue weighted by Crippen LogP contribution is 2.31. The molecule has 1 saturated heterocycles. The summed E-state index contributed by atoms with van der Waals surface area (Å²) in [5.41, 5.74) is 2.37. The number of pyridine rings is 1. The summed E-state index contributed by atoms with van der Waals surface area (Å²) in [5, 5.41) is 0.447. The van der Waals surface area contributed by atoms with Crippen LogP contribution in [-0.4, -0.2) is 59.2 Å². The summed E-state index contributed by atoms with van der Waals surface area (Å²) >= 11 is 6.06. The van der Waals surface area contributed by atoms with Crippen LogP contribution in [0.4, 0.5) is 0 Å². The zero-order chi connectivity index (χ0) is 20.6. The van der Waals surface area contributed by atoms with E-state index in [1.165, 1.54) is 0 Å². The Bertz CT molecular complexity index is 808. The van der Waals surface area contributed by atoms with E-state index in [1.807, 2.05) is 12.4 Å². The maximum atomic E-state index is 12.3. The maximum Gasteiger partial charge on any atom is 0.340 e. The van der Waals surface area contributed by atoms with Crippen molar-refractivity contribution < 1.29 is 14.3 Å². The van der Waals surface area contributed by atoms with Crippen LogP contribution in [0.2, 0.25) is 5.02 Å². The summed E-state index contributed by atoms with van der Waals surface area (Å²) in [5.74, 6) is 0.663. The van der Waals surface area contributed by atoms with Gasteiger partial charge in [-0.2, -0.15) is 0 Å². The lowest BCUT2D eigenvalue weighted by atomic mass is 9.90. The third-order valence-corrected chi connectivity index (χ3v) is 5.26. The molecular weight excluding hydrogens is 392 g/mol. The average molecular weight is 419 g/mol. The minimum Gasteiger partial charge on any atom is -0.462 e. The molecule has 2 aromatic heterocycles. The quantitative estimate of drug-likeness (QED) is 0.609. The number of esters is 1. The molecule has 2 aromatic rings. The van der Waals surface area contributed by atoms with Gasteiger partial charge < -0.3 is 9.47 Å². The lowest BCUT2D eigenvalue weighted by Gasteiger charge is -2.32. The fourth-order valence-electron chi connectivity index (χ4n) is 3.56. The fraction of sp³-hybridized carbons (Fsp3) is 0.524. The number of aromatic nitrogens is 3. The van der Waals surface area contributed by atoms with E-state index >= 15 is 0 Å². The number of methoxy groups -OCH3 is 1. The second-order valence-electron chi connectivity index (χ2n) is 7.11. The van der Waals surface area contributed by atoms with Crippen LogP contribution >= 0.6 is 11.6 Å². The summed E-state index contributed by atoms with van der Waals surface area (Å²) in [4.78, 5) is 28.0. The number of ether oxygens (including phenoxy) is 2. The first-order valence-corrected chi connectivity index (χ1v) is 10.3. The first-order valence-electron chi connectivity index (χ1n) is 9.94. The molecule has 0 aromatic carbocycles. The molecule has 8 heteroatoms. The van der Waals surface area contributed by atoms with Gasteiger partial charge in [-0.05, 0) is 38.9 Å². The van der Waals surface area contributed by atoms with Gasteiger partial charge in [0, 0.05) is 50.1 Å². The van der Waals surface area contributed by atoms with Crippen molar-refractivity contribution >= 4 is 17.6 Å². The Balaban J connectivity index is 1.59. The number of piperidine rings is 1. The standard InChI is InChI=1S/C21H27ClN4O3/c1-3-29-21(27)18-10-17(22)13-25-20(18)16-4-7-26(8-5-16)14-15-11-23-19(24-12-15)6-9-28-2/h10-13,16H,3-9,14H2,1-2H3. The second kappa shape index (κ2) is 10.6.